The number of thiol groups is 1. The van der Waals surface area contributed by atoms with E-state index in [0.29, 0.717) is 0 Å². The Kier molecular flexibility index (Phi) is 6.53. The third-order valence-corrected chi connectivity index (χ3v) is 3.24. The minimum atomic E-state index is 0.159. The molecule has 1 atom stereocenters. The molecule has 2 rings (SSSR count). The molecule has 1 aromatic carbocycles. The zero-order chi connectivity index (χ0) is 14.3. The monoisotopic (exact) mass is 270 g/mol. The first-order valence-corrected chi connectivity index (χ1v) is 7.24. The van der Waals surface area contributed by atoms with Gasteiger partial charge < -0.3 is 0 Å². The van der Waals surface area contributed by atoms with Crippen LogP contribution in [0.4, 0.5) is 0 Å². The Labute approximate surface area is 123 Å². The summed E-state index contributed by atoms with van der Waals surface area (Å²) in [5, 5.41) is 0. The van der Waals surface area contributed by atoms with E-state index < -0.39 is 0 Å². The summed E-state index contributed by atoms with van der Waals surface area (Å²) in [5.74, 6) is 6.64. The lowest BCUT2D eigenvalue weighted by Crippen LogP contribution is -1.95. The molecule has 0 spiro atoms. The van der Waals surface area contributed by atoms with Crippen molar-refractivity contribution in [3.05, 3.63) is 53.1 Å². The molecule has 1 aliphatic carbocycles. The first-order chi connectivity index (χ1) is 9.16. The van der Waals surface area contributed by atoms with Gasteiger partial charge in [-0.25, -0.2) is 0 Å². The highest BCUT2D eigenvalue weighted by Crippen LogP contribution is 2.26. The molecule has 1 aliphatic rings. The third kappa shape index (κ3) is 4.65. The van der Waals surface area contributed by atoms with Gasteiger partial charge in [-0.2, -0.15) is 0 Å². The van der Waals surface area contributed by atoms with Crippen LogP contribution in [0.2, 0.25) is 0 Å². The summed E-state index contributed by atoms with van der Waals surface area (Å²) in [6.45, 7) is 8.19. The van der Waals surface area contributed by atoms with Crippen LogP contribution in [0.25, 0.3) is 0 Å². The van der Waals surface area contributed by atoms with Crippen molar-refractivity contribution >= 4 is 12.6 Å². The SMILES string of the molecule is CC.CC1=C/CC#CC(c2ccc(C)cc2S)/C=C\1. The summed E-state index contributed by atoms with van der Waals surface area (Å²) < 4.78 is 0. The Bertz CT molecular complexity index is 539. The Hall–Kier alpha value is -1.39. The number of hydrogen-bond donors (Lipinski definition) is 1. The Morgan fingerprint density at radius 1 is 1.21 bits per heavy atom. The minimum Gasteiger partial charge on any atom is -0.143 e. The molecule has 0 aromatic heterocycles. The molecular weight excluding hydrogens is 248 g/mol. The second kappa shape index (κ2) is 7.92. The van der Waals surface area contributed by atoms with Gasteiger partial charge >= 0.3 is 0 Å². The van der Waals surface area contributed by atoms with E-state index in [0.717, 1.165) is 11.3 Å². The summed E-state index contributed by atoms with van der Waals surface area (Å²) in [6.07, 6.45) is 7.28. The van der Waals surface area contributed by atoms with E-state index in [2.05, 4.69) is 74.7 Å². The van der Waals surface area contributed by atoms with Crippen molar-refractivity contribution in [2.24, 2.45) is 0 Å². The number of benzene rings is 1. The molecule has 0 nitrogen and oxygen atoms in total. The van der Waals surface area contributed by atoms with Crippen LogP contribution in [0, 0.1) is 18.8 Å². The molecule has 100 valence electrons. The maximum absolute atomic E-state index is 4.55. The van der Waals surface area contributed by atoms with Crippen LogP contribution < -0.4 is 0 Å². The van der Waals surface area contributed by atoms with Crippen LogP contribution >= 0.6 is 12.6 Å². The Morgan fingerprint density at radius 2 is 1.95 bits per heavy atom. The van der Waals surface area contributed by atoms with Gasteiger partial charge in [0.15, 0.2) is 0 Å². The van der Waals surface area contributed by atoms with Crippen molar-refractivity contribution in [2.45, 2.75) is 44.9 Å². The molecule has 1 unspecified atom stereocenters. The van der Waals surface area contributed by atoms with E-state index in [1.807, 2.05) is 13.8 Å². The molecule has 0 bridgehead atoms. The van der Waals surface area contributed by atoms with Crippen molar-refractivity contribution in [3.63, 3.8) is 0 Å². The Morgan fingerprint density at radius 3 is 2.63 bits per heavy atom. The summed E-state index contributed by atoms with van der Waals surface area (Å²) in [5.41, 5.74) is 3.70. The van der Waals surface area contributed by atoms with Gasteiger partial charge in [-0.05, 0) is 25.5 Å². The summed E-state index contributed by atoms with van der Waals surface area (Å²) in [4.78, 5) is 1.02. The van der Waals surface area contributed by atoms with Crippen LogP contribution in [0.3, 0.4) is 0 Å². The van der Waals surface area contributed by atoms with Gasteiger partial charge in [0.25, 0.3) is 0 Å². The minimum absolute atomic E-state index is 0.159. The largest absolute Gasteiger partial charge is 0.143 e. The van der Waals surface area contributed by atoms with Crippen LogP contribution in [0.5, 0.6) is 0 Å². The number of aryl methyl sites for hydroxylation is 1. The van der Waals surface area contributed by atoms with Crippen molar-refractivity contribution in [3.8, 4) is 11.8 Å². The van der Waals surface area contributed by atoms with Gasteiger partial charge in [0.1, 0.15) is 0 Å². The molecular formula is C18H22S. The van der Waals surface area contributed by atoms with Crippen molar-refractivity contribution < 1.29 is 0 Å². The summed E-state index contributed by atoms with van der Waals surface area (Å²) in [6, 6.07) is 6.34. The van der Waals surface area contributed by atoms with E-state index in [4.69, 9.17) is 0 Å². The molecule has 0 fully saturated rings. The van der Waals surface area contributed by atoms with E-state index in [1.165, 1.54) is 16.7 Å². The second-order valence-electron chi connectivity index (χ2n) is 4.37. The zero-order valence-corrected chi connectivity index (χ0v) is 13.1. The molecule has 0 saturated carbocycles. The molecule has 0 N–H and O–H groups in total. The predicted octanol–water partition coefficient (Wildman–Crippen LogP) is 5.30. The molecule has 1 heteroatoms. The zero-order valence-electron chi connectivity index (χ0n) is 12.2. The second-order valence-corrected chi connectivity index (χ2v) is 4.85. The van der Waals surface area contributed by atoms with E-state index >= 15 is 0 Å². The lowest BCUT2D eigenvalue weighted by atomic mass is 9.96. The third-order valence-electron chi connectivity index (χ3n) is 2.86. The van der Waals surface area contributed by atoms with Gasteiger partial charge in [0.05, 0.1) is 5.92 Å². The maximum Gasteiger partial charge on any atom is 0.0646 e. The lowest BCUT2D eigenvalue weighted by Gasteiger charge is -2.11. The fourth-order valence-electron chi connectivity index (χ4n) is 1.84. The van der Waals surface area contributed by atoms with Crippen LogP contribution in [-0.4, -0.2) is 0 Å². The van der Waals surface area contributed by atoms with Crippen molar-refractivity contribution in [1.82, 2.24) is 0 Å². The number of hydrogen-bond acceptors (Lipinski definition) is 1. The number of allylic oxidation sites excluding steroid dienone is 4. The van der Waals surface area contributed by atoms with Gasteiger partial charge in [0.2, 0.25) is 0 Å². The quantitative estimate of drug-likeness (QED) is 0.519. The highest BCUT2D eigenvalue weighted by atomic mass is 32.1. The molecule has 0 heterocycles. The highest BCUT2D eigenvalue weighted by molar-refractivity contribution is 7.80. The van der Waals surface area contributed by atoms with Crippen molar-refractivity contribution in [2.75, 3.05) is 0 Å². The molecule has 0 radical (unpaired) electrons. The average molecular weight is 270 g/mol. The van der Waals surface area contributed by atoms with E-state index in [1.54, 1.807) is 0 Å². The lowest BCUT2D eigenvalue weighted by molar-refractivity contribution is 1.05. The molecule has 0 aliphatic heterocycles. The predicted molar refractivity (Wildman–Crippen MR) is 87.8 cm³/mol. The van der Waals surface area contributed by atoms with Gasteiger partial charge in [-0.1, -0.05) is 67.2 Å². The van der Waals surface area contributed by atoms with Gasteiger partial charge in [0, 0.05) is 11.3 Å². The smallest absolute Gasteiger partial charge is 0.0646 e. The standard InChI is InChI=1S/C16H16S.C2H6/c1-12-5-3-4-6-14(9-7-12)15-10-8-13(2)11-16(15)17;1-2/h5,7-11,14,17H,3H2,1-2H3;1-2H3/b9-7-,12-5-;. The van der Waals surface area contributed by atoms with Crippen LogP contribution in [-0.2, 0) is 0 Å². The molecule has 0 saturated heterocycles. The van der Waals surface area contributed by atoms with Crippen LogP contribution in [0.1, 0.15) is 44.2 Å². The average Bonchev–Trinajstić information content (AvgIpc) is 2.38. The fraction of sp³-hybridized carbons (Fsp3) is 0.333. The number of rotatable bonds is 1. The summed E-state index contributed by atoms with van der Waals surface area (Å²) >= 11 is 4.55. The Balaban J connectivity index is 0.000000861. The molecule has 19 heavy (non-hydrogen) atoms. The normalized spacial score (nSPS) is 21.5. The van der Waals surface area contributed by atoms with Gasteiger partial charge in [-0.15, -0.1) is 12.6 Å². The molecule has 1 aromatic rings. The highest BCUT2D eigenvalue weighted by Gasteiger charge is 2.09. The van der Waals surface area contributed by atoms with Crippen molar-refractivity contribution in [1.29, 1.82) is 0 Å². The summed E-state index contributed by atoms with van der Waals surface area (Å²) in [7, 11) is 0. The van der Waals surface area contributed by atoms with E-state index in [9.17, 15) is 0 Å². The first kappa shape index (κ1) is 15.7. The van der Waals surface area contributed by atoms with E-state index in [-0.39, 0.29) is 5.92 Å². The fourth-order valence-corrected chi connectivity index (χ4v) is 2.26. The molecule has 0 amide bonds. The van der Waals surface area contributed by atoms with Crippen LogP contribution in [0.15, 0.2) is 46.9 Å². The topological polar surface area (TPSA) is 0 Å². The maximum atomic E-state index is 4.55. The first-order valence-electron chi connectivity index (χ1n) is 6.79. The van der Waals surface area contributed by atoms with Gasteiger partial charge in [-0.3, -0.25) is 0 Å².